The molecule has 2 aromatic rings. The lowest BCUT2D eigenvalue weighted by Crippen LogP contribution is -2.34. The summed E-state index contributed by atoms with van der Waals surface area (Å²) in [6.45, 7) is 1.63. The summed E-state index contributed by atoms with van der Waals surface area (Å²) in [5.41, 5.74) is 1.31. The standard InChI is InChI=1S/C14H15N3O3/c18-14(9-2-1-5-15-7-9)12-8-16-13-4-3-10(17(19)20)6-11(12)13/h3-4,6,8-9,15-16H,1-2,5,7H2. The Labute approximate surface area is 115 Å². The van der Waals surface area contributed by atoms with Gasteiger partial charge in [-0.2, -0.15) is 0 Å². The van der Waals surface area contributed by atoms with Crippen molar-refractivity contribution in [2.45, 2.75) is 12.8 Å². The fraction of sp³-hybridized carbons (Fsp3) is 0.357. The van der Waals surface area contributed by atoms with E-state index in [0.29, 0.717) is 17.5 Å². The van der Waals surface area contributed by atoms with E-state index >= 15 is 0 Å². The number of nitro groups is 1. The number of hydrogen-bond donors (Lipinski definition) is 2. The fourth-order valence-electron chi connectivity index (χ4n) is 2.72. The largest absolute Gasteiger partial charge is 0.360 e. The molecule has 0 bridgehead atoms. The number of non-ortho nitro benzene ring substituents is 1. The van der Waals surface area contributed by atoms with Crippen LogP contribution in [0.1, 0.15) is 23.2 Å². The molecule has 1 unspecified atom stereocenters. The maximum Gasteiger partial charge on any atom is 0.270 e. The Balaban J connectivity index is 2.00. The number of ketones is 1. The van der Waals surface area contributed by atoms with Crippen LogP contribution in [-0.4, -0.2) is 28.8 Å². The molecule has 1 atom stereocenters. The van der Waals surface area contributed by atoms with Gasteiger partial charge in [-0.15, -0.1) is 0 Å². The van der Waals surface area contributed by atoms with Crippen LogP contribution in [0.15, 0.2) is 24.4 Å². The van der Waals surface area contributed by atoms with Gasteiger partial charge in [-0.3, -0.25) is 14.9 Å². The predicted molar refractivity (Wildman–Crippen MR) is 74.9 cm³/mol. The Morgan fingerprint density at radius 2 is 2.25 bits per heavy atom. The minimum atomic E-state index is -0.442. The number of aromatic nitrogens is 1. The molecule has 1 aliphatic rings. The molecule has 0 saturated carbocycles. The molecule has 1 saturated heterocycles. The van der Waals surface area contributed by atoms with Crippen molar-refractivity contribution in [2.75, 3.05) is 13.1 Å². The van der Waals surface area contributed by atoms with Gasteiger partial charge in [0.15, 0.2) is 5.78 Å². The predicted octanol–water partition coefficient (Wildman–Crippen LogP) is 2.26. The topological polar surface area (TPSA) is 88.0 Å². The molecule has 1 aromatic carbocycles. The summed E-state index contributed by atoms with van der Waals surface area (Å²) in [5, 5.41) is 14.7. The molecule has 6 nitrogen and oxygen atoms in total. The van der Waals surface area contributed by atoms with Crippen molar-refractivity contribution in [1.29, 1.82) is 0 Å². The average Bonchev–Trinajstić information content (AvgIpc) is 2.90. The zero-order valence-corrected chi connectivity index (χ0v) is 10.9. The lowest BCUT2D eigenvalue weighted by Gasteiger charge is -2.21. The molecule has 0 radical (unpaired) electrons. The number of H-pyrrole nitrogens is 1. The molecular formula is C14H15N3O3. The van der Waals surface area contributed by atoms with E-state index in [2.05, 4.69) is 10.3 Å². The Kier molecular flexibility index (Phi) is 3.23. The molecule has 1 fully saturated rings. The lowest BCUT2D eigenvalue weighted by atomic mass is 9.91. The summed E-state index contributed by atoms with van der Waals surface area (Å²) in [4.78, 5) is 25.9. The van der Waals surface area contributed by atoms with Crippen molar-refractivity contribution in [3.05, 3.63) is 40.1 Å². The molecule has 2 N–H and O–H groups in total. The number of nitro benzene ring substituents is 1. The highest BCUT2D eigenvalue weighted by Crippen LogP contribution is 2.27. The van der Waals surface area contributed by atoms with Crippen molar-refractivity contribution < 1.29 is 9.72 Å². The van der Waals surface area contributed by atoms with E-state index < -0.39 is 4.92 Å². The summed E-state index contributed by atoms with van der Waals surface area (Å²) < 4.78 is 0. The van der Waals surface area contributed by atoms with Gasteiger partial charge in [-0.25, -0.2) is 0 Å². The quantitative estimate of drug-likeness (QED) is 0.510. The second-order valence-corrected chi connectivity index (χ2v) is 5.10. The van der Waals surface area contributed by atoms with Crippen LogP contribution in [0.25, 0.3) is 10.9 Å². The lowest BCUT2D eigenvalue weighted by molar-refractivity contribution is -0.384. The number of benzene rings is 1. The van der Waals surface area contributed by atoms with Crippen LogP contribution in [0.3, 0.4) is 0 Å². The van der Waals surface area contributed by atoms with Gasteiger partial charge in [-0.05, 0) is 25.5 Å². The number of rotatable bonds is 3. The van der Waals surface area contributed by atoms with Crippen LogP contribution >= 0.6 is 0 Å². The van der Waals surface area contributed by atoms with E-state index in [1.54, 1.807) is 12.3 Å². The first kappa shape index (κ1) is 12.8. The third kappa shape index (κ3) is 2.18. The van der Waals surface area contributed by atoms with Gasteiger partial charge >= 0.3 is 0 Å². The van der Waals surface area contributed by atoms with Crippen LogP contribution in [0, 0.1) is 16.0 Å². The van der Waals surface area contributed by atoms with E-state index in [9.17, 15) is 14.9 Å². The smallest absolute Gasteiger partial charge is 0.270 e. The zero-order chi connectivity index (χ0) is 14.1. The van der Waals surface area contributed by atoms with Crippen LogP contribution in [0.5, 0.6) is 0 Å². The van der Waals surface area contributed by atoms with Crippen molar-refractivity contribution in [3.8, 4) is 0 Å². The second-order valence-electron chi connectivity index (χ2n) is 5.10. The third-order valence-electron chi connectivity index (χ3n) is 3.81. The third-order valence-corrected chi connectivity index (χ3v) is 3.81. The Bertz CT molecular complexity index is 671. The normalized spacial score (nSPS) is 19.1. The highest BCUT2D eigenvalue weighted by atomic mass is 16.6. The van der Waals surface area contributed by atoms with Crippen LogP contribution in [-0.2, 0) is 0 Å². The Morgan fingerprint density at radius 3 is 2.95 bits per heavy atom. The zero-order valence-electron chi connectivity index (χ0n) is 10.9. The van der Waals surface area contributed by atoms with Gasteiger partial charge in [-0.1, -0.05) is 0 Å². The molecule has 1 aliphatic heterocycles. The van der Waals surface area contributed by atoms with Crippen molar-refractivity contribution >= 4 is 22.4 Å². The number of hydrogen-bond acceptors (Lipinski definition) is 4. The molecule has 20 heavy (non-hydrogen) atoms. The summed E-state index contributed by atoms with van der Waals surface area (Å²) in [6, 6.07) is 4.55. The van der Waals surface area contributed by atoms with Crippen LogP contribution < -0.4 is 5.32 Å². The van der Waals surface area contributed by atoms with E-state index in [4.69, 9.17) is 0 Å². The molecular weight excluding hydrogens is 258 g/mol. The first-order valence-electron chi connectivity index (χ1n) is 6.67. The minimum absolute atomic E-state index is 0.00733. The molecule has 6 heteroatoms. The van der Waals surface area contributed by atoms with Gasteiger partial charge in [0, 0.05) is 47.3 Å². The number of nitrogens with one attached hydrogen (secondary N) is 2. The molecule has 104 valence electrons. The van der Waals surface area contributed by atoms with Crippen molar-refractivity contribution in [1.82, 2.24) is 10.3 Å². The van der Waals surface area contributed by atoms with Crippen molar-refractivity contribution in [3.63, 3.8) is 0 Å². The molecule has 3 rings (SSSR count). The van der Waals surface area contributed by atoms with Crippen molar-refractivity contribution in [2.24, 2.45) is 5.92 Å². The number of aromatic amines is 1. The first-order valence-corrected chi connectivity index (χ1v) is 6.67. The van der Waals surface area contributed by atoms with Crippen LogP contribution in [0.4, 0.5) is 5.69 Å². The molecule has 0 spiro atoms. The average molecular weight is 273 g/mol. The number of fused-ring (bicyclic) bond motifs is 1. The van der Waals surface area contributed by atoms with Gasteiger partial charge in [0.2, 0.25) is 0 Å². The fourth-order valence-corrected chi connectivity index (χ4v) is 2.72. The molecule has 2 heterocycles. The van der Waals surface area contributed by atoms with Gasteiger partial charge in [0.1, 0.15) is 0 Å². The SMILES string of the molecule is O=C(c1c[nH]c2ccc([N+](=O)[O-])cc12)C1CCCNC1. The molecule has 0 aliphatic carbocycles. The summed E-state index contributed by atoms with van der Waals surface area (Å²) in [5.74, 6) is 0.0194. The van der Waals surface area contributed by atoms with E-state index in [1.165, 1.54) is 12.1 Å². The highest BCUT2D eigenvalue weighted by Gasteiger charge is 2.24. The number of nitrogens with zero attached hydrogens (tertiary/aromatic N) is 1. The minimum Gasteiger partial charge on any atom is -0.360 e. The van der Waals surface area contributed by atoms with Gasteiger partial charge in [0.25, 0.3) is 5.69 Å². The van der Waals surface area contributed by atoms with Crippen LogP contribution in [0.2, 0.25) is 0 Å². The number of carbonyl (C=O) groups excluding carboxylic acids is 1. The maximum absolute atomic E-state index is 12.5. The Morgan fingerprint density at radius 1 is 1.40 bits per heavy atom. The summed E-state index contributed by atoms with van der Waals surface area (Å²) in [6.07, 6.45) is 3.51. The summed E-state index contributed by atoms with van der Waals surface area (Å²) in [7, 11) is 0. The Hall–Kier alpha value is -2.21. The molecule has 0 amide bonds. The van der Waals surface area contributed by atoms with E-state index in [-0.39, 0.29) is 17.4 Å². The molecule has 1 aromatic heterocycles. The number of piperidine rings is 1. The van der Waals surface area contributed by atoms with E-state index in [1.807, 2.05) is 0 Å². The second kappa shape index (κ2) is 5.05. The monoisotopic (exact) mass is 273 g/mol. The number of carbonyl (C=O) groups is 1. The first-order chi connectivity index (χ1) is 9.66. The van der Waals surface area contributed by atoms with E-state index in [0.717, 1.165) is 24.9 Å². The highest BCUT2D eigenvalue weighted by molar-refractivity contribution is 6.09. The number of Topliss-reactive ketones (excluding diaryl/α,β-unsaturated/α-hetero) is 1. The maximum atomic E-state index is 12.5. The summed E-state index contributed by atoms with van der Waals surface area (Å²) >= 11 is 0. The van der Waals surface area contributed by atoms with Gasteiger partial charge < -0.3 is 10.3 Å². The van der Waals surface area contributed by atoms with Gasteiger partial charge in [0.05, 0.1) is 4.92 Å².